The number of halogens is 1. The van der Waals surface area contributed by atoms with Gasteiger partial charge in [0.25, 0.3) is 0 Å². The zero-order valence-corrected chi connectivity index (χ0v) is 12.9. The third-order valence-electron chi connectivity index (χ3n) is 3.56. The van der Waals surface area contributed by atoms with Gasteiger partial charge in [-0.05, 0) is 0 Å². The maximum atomic E-state index is 9.58. The van der Waals surface area contributed by atoms with Crippen molar-refractivity contribution in [3.05, 3.63) is 0 Å². The van der Waals surface area contributed by atoms with E-state index in [-0.39, 0.29) is 0 Å². The molecule has 2 nitrogen and oxygen atoms in total. The van der Waals surface area contributed by atoms with Crippen molar-refractivity contribution in [2.24, 2.45) is 11.8 Å². The van der Waals surface area contributed by atoms with Crippen molar-refractivity contribution >= 4 is 0 Å². The molecule has 1 aliphatic carbocycles. The van der Waals surface area contributed by atoms with E-state index >= 15 is 0 Å². The summed E-state index contributed by atoms with van der Waals surface area (Å²) in [5.74, 6) is 1.49. The molecule has 4 atom stereocenters. The molecule has 0 bridgehead atoms. The molecule has 1 aliphatic rings. The molecule has 1 fully saturated rings. The molecule has 3 heteroatoms. The standard InChI is InChI=1S/C13H26IO2/c1-4-13(15)16-12-7-6-10(3)11(12)8-9-14-5-2/h10-13,15H,4-9H2,1-3H3/q-1/t10-,11+,12?,13?/m1/s1. The van der Waals surface area contributed by atoms with Crippen LogP contribution in [0, 0.1) is 11.8 Å². The summed E-state index contributed by atoms with van der Waals surface area (Å²) in [6, 6.07) is 0. The van der Waals surface area contributed by atoms with E-state index in [1.807, 2.05) is 6.92 Å². The van der Waals surface area contributed by atoms with Gasteiger partial charge in [0.1, 0.15) is 0 Å². The van der Waals surface area contributed by atoms with Crippen LogP contribution in [0.5, 0.6) is 0 Å². The molecule has 0 aliphatic heterocycles. The molecule has 0 heterocycles. The van der Waals surface area contributed by atoms with Crippen LogP contribution < -0.4 is 21.2 Å². The fourth-order valence-electron chi connectivity index (χ4n) is 2.50. The average Bonchev–Trinajstić information content (AvgIpc) is 2.61. The van der Waals surface area contributed by atoms with Gasteiger partial charge in [-0.15, -0.1) is 0 Å². The third-order valence-corrected chi connectivity index (χ3v) is 6.03. The predicted molar refractivity (Wildman–Crippen MR) is 63.1 cm³/mol. The van der Waals surface area contributed by atoms with Crippen molar-refractivity contribution in [1.29, 1.82) is 0 Å². The van der Waals surface area contributed by atoms with Crippen LogP contribution in [-0.4, -0.2) is 26.4 Å². The third kappa shape index (κ3) is 4.49. The van der Waals surface area contributed by atoms with Crippen LogP contribution in [0.25, 0.3) is 0 Å². The number of hydrogen-bond donors (Lipinski definition) is 1. The van der Waals surface area contributed by atoms with Gasteiger partial charge in [0.15, 0.2) is 0 Å². The summed E-state index contributed by atoms with van der Waals surface area (Å²) in [7, 11) is 0. The van der Waals surface area contributed by atoms with E-state index in [9.17, 15) is 5.11 Å². The van der Waals surface area contributed by atoms with Gasteiger partial charge < -0.3 is 0 Å². The Bertz CT molecular complexity index is 187. The van der Waals surface area contributed by atoms with Crippen LogP contribution >= 0.6 is 0 Å². The molecule has 0 saturated heterocycles. The maximum absolute atomic E-state index is 9.58. The Morgan fingerprint density at radius 1 is 1.38 bits per heavy atom. The zero-order valence-electron chi connectivity index (χ0n) is 10.8. The quantitative estimate of drug-likeness (QED) is 0.297. The van der Waals surface area contributed by atoms with Crippen LogP contribution in [0.4, 0.5) is 0 Å². The van der Waals surface area contributed by atoms with Crippen LogP contribution in [0.3, 0.4) is 0 Å². The Morgan fingerprint density at radius 3 is 2.75 bits per heavy atom. The van der Waals surface area contributed by atoms with Crippen molar-refractivity contribution in [1.82, 2.24) is 0 Å². The molecule has 1 saturated carbocycles. The van der Waals surface area contributed by atoms with Crippen molar-refractivity contribution in [2.45, 2.75) is 58.8 Å². The van der Waals surface area contributed by atoms with E-state index in [2.05, 4.69) is 13.8 Å². The fourth-order valence-corrected chi connectivity index (χ4v) is 4.42. The normalized spacial score (nSPS) is 32.1. The summed E-state index contributed by atoms with van der Waals surface area (Å²) < 4.78 is 8.56. The Hall–Kier alpha value is 0.650. The van der Waals surface area contributed by atoms with Gasteiger partial charge in [0.2, 0.25) is 0 Å². The van der Waals surface area contributed by atoms with E-state index in [4.69, 9.17) is 4.74 Å². The molecule has 98 valence electrons. The Morgan fingerprint density at radius 2 is 2.12 bits per heavy atom. The van der Waals surface area contributed by atoms with Gasteiger partial charge in [-0.1, -0.05) is 0 Å². The minimum atomic E-state index is -0.543. The summed E-state index contributed by atoms with van der Waals surface area (Å²) in [6.07, 6.45) is 4.23. The number of aliphatic hydroxyl groups is 1. The zero-order chi connectivity index (χ0) is 12.0. The van der Waals surface area contributed by atoms with E-state index in [1.165, 1.54) is 21.7 Å². The first-order chi connectivity index (χ1) is 7.69. The van der Waals surface area contributed by atoms with Gasteiger partial charge in [-0.2, -0.15) is 0 Å². The summed E-state index contributed by atoms with van der Waals surface area (Å²) in [5, 5.41) is 9.58. The predicted octanol–water partition coefficient (Wildman–Crippen LogP) is -0.355. The fraction of sp³-hybridized carbons (Fsp3) is 1.00. The molecule has 0 spiro atoms. The van der Waals surface area contributed by atoms with Gasteiger partial charge in [0.05, 0.1) is 0 Å². The number of hydrogen-bond acceptors (Lipinski definition) is 2. The van der Waals surface area contributed by atoms with Crippen LogP contribution in [0.1, 0.15) is 46.5 Å². The van der Waals surface area contributed by atoms with Gasteiger partial charge in [0, 0.05) is 0 Å². The molecule has 2 unspecified atom stereocenters. The van der Waals surface area contributed by atoms with Gasteiger partial charge in [-0.25, -0.2) is 0 Å². The molecule has 1 N–H and O–H groups in total. The topological polar surface area (TPSA) is 29.5 Å². The second-order valence-electron chi connectivity index (χ2n) is 4.69. The molecule has 0 amide bonds. The average molecular weight is 341 g/mol. The van der Waals surface area contributed by atoms with Crippen molar-refractivity contribution in [2.75, 3.05) is 8.86 Å². The molecule has 0 radical (unpaired) electrons. The van der Waals surface area contributed by atoms with Crippen molar-refractivity contribution < 1.29 is 31.0 Å². The van der Waals surface area contributed by atoms with E-state index in [1.54, 1.807) is 0 Å². The second-order valence-corrected chi connectivity index (χ2v) is 8.37. The summed E-state index contributed by atoms with van der Waals surface area (Å²) in [6.45, 7) is 6.61. The molecular weight excluding hydrogens is 315 g/mol. The first-order valence-corrected chi connectivity index (χ1v) is 9.61. The van der Waals surface area contributed by atoms with E-state index in [0.717, 1.165) is 12.3 Å². The number of rotatable bonds is 7. The number of alkyl halides is 2. The number of aliphatic hydroxyl groups excluding tert-OH is 1. The van der Waals surface area contributed by atoms with Crippen LogP contribution in [-0.2, 0) is 4.74 Å². The van der Waals surface area contributed by atoms with Crippen molar-refractivity contribution in [3.8, 4) is 0 Å². The molecular formula is C13H26IO2-. The first-order valence-electron chi connectivity index (χ1n) is 6.56. The Balaban J connectivity index is 2.36. The second kappa shape index (κ2) is 7.88. The molecule has 0 aromatic heterocycles. The molecule has 16 heavy (non-hydrogen) atoms. The number of ether oxygens (including phenoxy) is 1. The summed E-state index contributed by atoms with van der Waals surface area (Å²) in [4.78, 5) is 0. The van der Waals surface area contributed by atoms with Crippen LogP contribution in [0.15, 0.2) is 0 Å². The van der Waals surface area contributed by atoms with Crippen LogP contribution in [0.2, 0.25) is 0 Å². The SMILES string of the molecule is CC[I-]CC[C@@H]1C(OC(O)CC)CC[C@H]1C. The van der Waals surface area contributed by atoms with E-state index in [0.29, 0.717) is 39.6 Å². The van der Waals surface area contributed by atoms with Gasteiger partial charge in [-0.3, -0.25) is 0 Å². The summed E-state index contributed by atoms with van der Waals surface area (Å²) >= 11 is 0.428. The Kier molecular flexibility index (Phi) is 7.24. The molecule has 0 aromatic carbocycles. The minimum absolute atomic E-state index is 0.325. The molecule has 1 rings (SSSR count). The van der Waals surface area contributed by atoms with E-state index < -0.39 is 6.29 Å². The van der Waals surface area contributed by atoms with Crippen molar-refractivity contribution in [3.63, 3.8) is 0 Å². The first kappa shape index (κ1) is 14.7. The monoisotopic (exact) mass is 341 g/mol. The summed E-state index contributed by atoms with van der Waals surface area (Å²) in [5.41, 5.74) is 0. The Labute approximate surface area is 110 Å². The molecule has 0 aromatic rings. The van der Waals surface area contributed by atoms with Gasteiger partial charge >= 0.3 is 111 Å².